The molecule has 0 aliphatic rings. The Kier molecular flexibility index (Phi) is 7.86. The van der Waals surface area contributed by atoms with E-state index in [0.717, 1.165) is 31.1 Å². The van der Waals surface area contributed by atoms with Gasteiger partial charge in [-0.2, -0.15) is 0 Å². The number of unbranched alkanes of at least 4 members (excludes halogenated alkanes) is 3. The van der Waals surface area contributed by atoms with Gasteiger partial charge in [-0.05, 0) is 17.9 Å². The molecule has 0 radical (unpaired) electrons. The molecule has 0 saturated carbocycles. The van der Waals surface area contributed by atoms with Crippen molar-refractivity contribution < 1.29 is 47.3 Å². The Balaban J connectivity index is 0.00000242. The standard InChI is InChI=1S/C16H20O4S.Na/c1-2-3-4-7-12-20-16-14-9-6-5-8-13(14)10-11-15(16)21(17,18)19;/h5-6,8-11H,2-4,7,12H2,1H3,(H,17,18,19);/q;+1/p-1. The van der Waals surface area contributed by atoms with E-state index in [0.29, 0.717) is 12.0 Å². The van der Waals surface area contributed by atoms with Crippen LogP contribution in [-0.2, 0) is 10.1 Å². The molecule has 0 fully saturated rings. The van der Waals surface area contributed by atoms with Crippen LogP contribution in [0.3, 0.4) is 0 Å². The minimum Gasteiger partial charge on any atom is -0.744 e. The van der Waals surface area contributed by atoms with Gasteiger partial charge in [0.1, 0.15) is 15.9 Å². The zero-order valence-electron chi connectivity index (χ0n) is 13.0. The molecule has 0 aliphatic heterocycles. The summed E-state index contributed by atoms with van der Waals surface area (Å²) < 4.78 is 39.8. The van der Waals surface area contributed by atoms with Crippen molar-refractivity contribution in [3.05, 3.63) is 36.4 Å². The number of ether oxygens (including phenoxy) is 1. The number of hydrogen-bond donors (Lipinski definition) is 0. The van der Waals surface area contributed by atoms with Crippen LogP contribution >= 0.6 is 0 Å². The van der Waals surface area contributed by atoms with Crippen LogP contribution < -0.4 is 34.3 Å². The van der Waals surface area contributed by atoms with Gasteiger partial charge in [-0.25, -0.2) is 8.42 Å². The van der Waals surface area contributed by atoms with Crippen LogP contribution in [0.2, 0.25) is 0 Å². The normalized spacial score (nSPS) is 11.2. The third-order valence-corrected chi connectivity index (χ3v) is 4.22. The Morgan fingerprint density at radius 2 is 1.77 bits per heavy atom. The van der Waals surface area contributed by atoms with E-state index in [1.54, 1.807) is 18.2 Å². The van der Waals surface area contributed by atoms with E-state index >= 15 is 0 Å². The summed E-state index contributed by atoms with van der Waals surface area (Å²) in [5.74, 6) is 0.180. The molecule has 0 bridgehead atoms. The minimum atomic E-state index is -4.55. The second-order valence-corrected chi connectivity index (χ2v) is 6.33. The first-order valence-corrected chi connectivity index (χ1v) is 8.55. The predicted octanol–water partition coefficient (Wildman–Crippen LogP) is 0.707. The summed E-state index contributed by atoms with van der Waals surface area (Å²) in [6.07, 6.45) is 4.11. The van der Waals surface area contributed by atoms with E-state index < -0.39 is 10.1 Å². The minimum absolute atomic E-state index is 0. The van der Waals surface area contributed by atoms with Gasteiger partial charge < -0.3 is 9.29 Å². The maximum Gasteiger partial charge on any atom is 1.00 e. The zero-order valence-corrected chi connectivity index (χ0v) is 15.9. The van der Waals surface area contributed by atoms with Gasteiger partial charge in [0.25, 0.3) is 0 Å². The van der Waals surface area contributed by atoms with E-state index in [-0.39, 0.29) is 40.2 Å². The van der Waals surface area contributed by atoms with Crippen LogP contribution in [0.4, 0.5) is 0 Å². The van der Waals surface area contributed by atoms with Gasteiger partial charge in [0.2, 0.25) is 0 Å². The maximum absolute atomic E-state index is 11.4. The second-order valence-electron chi connectivity index (χ2n) is 4.98. The Labute approximate surface area is 153 Å². The summed E-state index contributed by atoms with van der Waals surface area (Å²) in [6.45, 7) is 2.53. The van der Waals surface area contributed by atoms with Gasteiger partial charge in [-0.15, -0.1) is 0 Å². The van der Waals surface area contributed by atoms with Gasteiger partial charge in [0, 0.05) is 5.39 Å². The van der Waals surface area contributed by atoms with Gasteiger partial charge in [0.15, 0.2) is 0 Å². The van der Waals surface area contributed by atoms with Crippen molar-refractivity contribution in [2.45, 2.75) is 37.5 Å². The predicted molar refractivity (Wildman–Crippen MR) is 81.5 cm³/mol. The Bertz CT molecular complexity index is 713. The third kappa shape index (κ3) is 4.96. The van der Waals surface area contributed by atoms with Crippen molar-refractivity contribution in [3.63, 3.8) is 0 Å². The van der Waals surface area contributed by atoms with Gasteiger partial charge >= 0.3 is 29.6 Å². The summed E-state index contributed by atoms with van der Waals surface area (Å²) in [5.41, 5.74) is 0. The number of hydrogen-bond acceptors (Lipinski definition) is 4. The number of fused-ring (bicyclic) bond motifs is 1. The Morgan fingerprint density at radius 1 is 1.05 bits per heavy atom. The number of benzene rings is 2. The van der Waals surface area contributed by atoms with Gasteiger partial charge in [-0.3, -0.25) is 0 Å². The van der Waals surface area contributed by atoms with E-state index in [1.165, 1.54) is 6.07 Å². The quantitative estimate of drug-likeness (QED) is 0.426. The van der Waals surface area contributed by atoms with E-state index in [1.807, 2.05) is 12.1 Å². The van der Waals surface area contributed by atoms with Crippen molar-refractivity contribution in [1.29, 1.82) is 0 Å². The van der Waals surface area contributed by atoms with E-state index in [9.17, 15) is 13.0 Å². The molecule has 0 atom stereocenters. The van der Waals surface area contributed by atoms with Crippen molar-refractivity contribution >= 4 is 20.9 Å². The molecule has 2 aromatic rings. The molecule has 6 heteroatoms. The molecule has 0 unspecified atom stereocenters. The Morgan fingerprint density at radius 3 is 2.45 bits per heavy atom. The van der Waals surface area contributed by atoms with Gasteiger partial charge in [-0.1, -0.05) is 56.5 Å². The monoisotopic (exact) mass is 330 g/mol. The largest absolute Gasteiger partial charge is 1.00 e. The van der Waals surface area contributed by atoms with E-state index in [2.05, 4.69) is 6.92 Å². The fourth-order valence-electron chi connectivity index (χ4n) is 2.27. The van der Waals surface area contributed by atoms with Crippen LogP contribution in [0.15, 0.2) is 41.3 Å². The van der Waals surface area contributed by atoms with Crippen LogP contribution in [0, 0.1) is 0 Å². The summed E-state index contributed by atoms with van der Waals surface area (Å²) in [5, 5.41) is 1.51. The topological polar surface area (TPSA) is 66.4 Å². The molecule has 0 amide bonds. The molecule has 0 aromatic heterocycles. The van der Waals surface area contributed by atoms with Crippen LogP contribution in [-0.4, -0.2) is 19.6 Å². The smallest absolute Gasteiger partial charge is 0.744 e. The molecule has 0 saturated heterocycles. The fraction of sp³-hybridized carbons (Fsp3) is 0.375. The maximum atomic E-state index is 11.4. The van der Waals surface area contributed by atoms with Crippen molar-refractivity contribution in [2.24, 2.45) is 0 Å². The fourth-order valence-corrected chi connectivity index (χ4v) is 2.90. The Hall–Kier alpha value is -0.590. The molecule has 0 aliphatic carbocycles. The molecular weight excluding hydrogens is 311 g/mol. The molecule has 22 heavy (non-hydrogen) atoms. The third-order valence-electron chi connectivity index (χ3n) is 3.36. The van der Waals surface area contributed by atoms with Crippen LogP contribution in [0.25, 0.3) is 10.8 Å². The van der Waals surface area contributed by atoms with Gasteiger partial charge in [0.05, 0.1) is 11.5 Å². The van der Waals surface area contributed by atoms with E-state index in [4.69, 9.17) is 4.74 Å². The molecule has 2 aromatic carbocycles. The first-order chi connectivity index (χ1) is 10.0. The first-order valence-electron chi connectivity index (χ1n) is 7.14. The summed E-state index contributed by atoms with van der Waals surface area (Å²) in [6, 6.07) is 10.2. The van der Waals surface area contributed by atoms with Crippen molar-refractivity contribution in [1.82, 2.24) is 0 Å². The second kappa shape index (κ2) is 8.89. The average molecular weight is 330 g/mol. The van der Waals surface area contributed by atoms with Crippen molar-refractivity contribution in [2.75, 3.05) is 6.61 Å². The zero-order chi connectivity index (χ0) is 15.3. The molecule has 0 heterocycles. The molecule has 0 spiro atoms. The molecule has 114 valence electrons. The molecule has 0 N–H and O–H groups in total. The van der Waals surface area contributed by atoms with Crippen LogP contribution in [0.5, 0.6) is 5.75 Å². The van der Waals surface area contributed by atoms with Crippen molar-refractivity contribution in [3.8, 4) is 5.75 Å². The number of rotatable bonds is 7. The first kappa shape index (κ1) is 19.5. The summed E-state index contributed by atoms with van der Waals surface area (Å²) >= 11 is 0. The summed E-state index contributed by atoms with van der Waals surface area (Å²) in [7, 11) is -4.55. The summed E-state index contributed by atoms with van der Waals surface area (Å²) in [4.78, 5) is -0.281. The molecule has 2 rings (SSSR count). The average Bonchev–Trinajstić information content (AvgIpc) is 2.45. The van der Waals surface area contributed by atoms with Crippen LogP contribution in [0.1, 0.15) is 32.6 Å². The SMILES string of the molecule is CCCCCCOc1c(S(=O)(=O)[O-])ccc2ccccc12.[Na+]. The molecular formula is C16H19NaO4S. The molecule has 4 nitrogen and oxygen atoms in total.